The van der Waals surface area contributed by atoms with Gasteiger partial charge in [-0.1, -0.05) is 19.4 Å². The molecule has 0 radical (unpaired) electrons. The van der Waals surface area contributed by atoms with Crippen molar-refractivity contribution in [1.29, 1.82) is 0 Å². The first kappa shape index (κ1) is 14.5. The summed E-state index contributed by atoms with van der Waals surface area (Å²) in [6, 6.07) is 5.50. The van der Waals surface area contributed by atoms with E-state index in [0.717, 1.165) is 18.7 Å². The molecule has 1 heterocycles. The summed E-state index contributed by atoms with van der Waals surface area (Å²) in [5.41, 5.74) is 1.58. The topological polar surface area (TPSA) is 78.4 Å². The Labute approximate surface area is 118 Å². The van der Waals surface area contributed by atoms with Crippen LogP contribution in [0.15, 0.2) is 18.2 Å². The Hall–Kier alpha value is -1.88. The molecule has 1 atom stereocenters. The molecule has 2 rings (SSSR count). The van der Waals surface area contributed by atoms with Crippen LogP contribution in [0.25, 0.3) is 0 Å². The van der Waals surface area contributed by atoms with Crippen LogP contribution in [-0.2, 0) is 17.9 Å². The van der Waals surface area contributed by atoms with Gasteiger partial charge in [0, 0.05) is 18.7 Å². The number of fused-ring (bicyclic) bond motifs is 1. The number of aliphatic carboxylic acids is 1. The minimum atomic E-state index is -1.22. The van der Waals surface area contributed by atoms with Gasteiger partial charge in [-0.3, -0.25) is 4.79 Å². The Bertz CT molecular complexity index is 542. The first-order valence-corrected chi connectivity index (χ1v) is 6.84. The average molecular weight is 276 g/mol. The van der Waals surface area contributed by atoms with Crippen molar-refractivity contribution in [2.24, 2.45) is 0 Å². The lowest BCUT2D eigenvalue weighted by atomic mass is 9.95. The summed E-state index contributed by atoms with van der Waals surface area (Å²) >= 11 is 0. The molecule has 1 amide bonds. The number of hydrogen-bond acceptors (Lipinski definition) is 3. The Morgan fingerprint density at radius 1 is 1.35 bits per heavy atom. The van der Waals surface area contributed by atoms with E-state index in [9.17, 15) is 14.7 Å². The zero-order valence-electron chi connectivity index (χ0n) is 11.8. The van der Waals surface area contributed by atoms with Crippen molar-refractivity contribution < 1.29 is 14.7 Å². The predicted molar refractivity (Wildman–Crippen MR) is 75.4 cm³/mol. The van der Waals surface area contributed by atoms with Crippen LogP contribution in [0.5, 0.6) is 0 Å². The van der Waals surface area contributed by atoms with Gasteiger partial charge in [0.15, 0.2) is 0 Å². The molecule has 5 heteroatoms. The summed E-state index contributed by atoms with van der Waals surface area (Å²) in [5.74, 6) is -1.34. The minimum Gasteiger partial charge on any atom is -0.480 e. The van der Waals surface area contributed by atoms with Crippen molar-refractivity contribution in [2.45, 2.75) is 45.3 Å². The number of hydrogen-bond donors (Lipinski definition) is 3. The van der Waals surface area contributed by atoms with E-state index in [1.807, 2.05) is 19.1 Å². The zero-order valence-corrected chi connectivity index (χ0v) is 11.8. The zero-order chi connectivity index (χ0) is 14.8. The van der Waals surface area contributed by atoms with Crippen LogP contribution in [0.1, 0.15) is 48.2 Å². The highest BCUT2D eigenvalue weighted by Gasteiger charge is 2.34. The summed E-state index contributed by atoms with van der Waals surface area (Å²) in [4.78, 5) is 23.6. The third-order valence-corrected chi connectivity index (χ3v) is 3.71. The monoisotopic (exact) mass is 276 g/mol. The number of amides is 1. The van der Waals surface area contributed by atoms with Crippen LogP contribution >= 0.6 is 0 Å². The molecule has 3 N–H and O–H groups in total. The maximum atomic E-state index is 12.2. The second-order valence-electron chi connectivity index (χ2n) is 5.43. The quantitative estimate of drug-likeness (QED) is 0.764. The van der Waals surface area contributed by atoms with Crippen molar-refractivity contribution in [3.8, 4) is 0 Å². The molecule has 0 saturated carbocycles. The van der Waals surface area contributed by atoms with Crippen molar-refractivity contribution in [1.82, 2.24) is 10.6 Å². The van der Waals surface area contributed by atoms with E-state index >= 15 is 0 Å². The Morgan fingerprint density at radius 3 is 2.70 bits per heavy atom. The van der Waals surface area contributed by atoms with E-state index in [4.69, 9.17) is 0 Å². The van der Waals surface area contributed by atoms with Crippen LogP contribution in [-0.4, -0.2) is 22.5 Å². The smallest absolute Gasteiger partial charge is 0.329 e. The van der Waals surface area contributed by atoms with Crippen LogP contribution in [0.4, 0.5) is 0 Å². The molecule has 1 aliphatic heterocycles. The molecule has 0 saturated heterocycles. The van der Waals surface area contributed by atoms with Gasteiger partial charge in [0.25, 0.3) is 5.91 Å². The normalized spacial score (nSPS) is 16.3. The van der Waals surface area contributed by atoms with Gasteiger partial charge in [0.1, 0.15) is 5.54 Å². The first-order chi connectivity index (χ1) is 9.46. The lowest BCUT2D eigenvalue weighted by molar-refractivity contribution is -0.144. The molecular weight excluding hydrogens is 256 g/mol. The molecule has 1 aromatic carbocycles. The first-order valence-electron chi connectivity index (χ1n) is 6.84. The molecule has 0 aromatic heterocycles. The fourth-order valence-corrected chi connectivity index (χ4v) is 2.48. The minimum absolute atomic E-state index is 0.335. The Kier molecular flexibility index (Phi) is 4.09. The third-order valence-electron chi connectivity index (χ3n) is 3.71. The molecule has 1 unspecified atom stereocenters. The van der Waals surface area contributed by atoms with Gasteiger partial charge in [-0.05, 0) is 36.6 Å². The van der Waals surface area contributed by atoms with Crippen LogP contribution in [0, 0.1) is 0 Å². The van der Waals surface area contributed by atoms with E-state index in [-0.39, 0.29) is 5.91 Å². The van der Waals surface area contributed by atoms with E-state index in [2.05, 4.69) is 10.6 Å². The SMILES string of the molecule is CCCC(C)(NC(=O)c1ccc2c(c1)CNC2)C(=O)O. The fourth-order valence-electron chi connectivity index (χ4n) is 2.48. The Morgan fingerprint density at radius 2 is 2.05 bits per heavy atom. The largest absolute Gasteiger partial charge is 0.480 e. The predicted octanol–water partition coefficient (Wildman–Crippen LogP) is 1.66. The number of carboxylic acids is 1. The van der Waals surface area contributed by atoms with Gasteiger partial charge in [-0.25, -0.2) is 4.79 Å². The van der Waals surface area contributed by atoms with Crippen molar-refractivity contribution >= 4 is 11.9 Å². The number of benzene rings is 1. The lowest BCUT2D eigenvalue weighted by Crippen LogP contribution is -2.52. The molecule has 20 heavy (non-hydrogen) atoms. The van der Waals surface area contributed by atoms with Gasteiger partial charge < -0.3 is 15.7 Å². The molecule has 0 bridgehead atoms. The van der Waals surface area contributed by atoms with Crippen LogP contribution < -0.4 is 10.6 Å². The average Bonchev–Trinajstić information content (AvgIpc) is 2.85. The summed E-state index contributed by atoms with van der Waals surface area (Å²) < 4.78 is 0. The highest BCUT2D eigenvalue weighted by Crippen LogP contribution is 2.19. The standard InChI is InChI=1S/C15H20N2O3/c1-3-6-15(2,14(19)20)17-13(18)10-4-5-11-8-16-9-12(11)7-10/h4-5,7,16H,3,6,8-9H2,1-2H3,(H,17,18)(H,19,20). The fraction of sp³-hybridized carbons (Fsp3) is 0.467. The van der Waals surface area contributed by atoms with Crippen LogP contribution in [0.3, 0.4) is 0 Å². The van der Waals surface area contributed by atoms with Crippen molar-refractivity contribution in [3.05, 3.63) is 34.9 Å². The second kappa shape index (κ2) is 5.63. The van der Waals surface area contributed by atoms with E-state index < -0.39 is 11.5 Å². The number of nitrogens with one attached hydrogen (secondary N) is 2. The van der Waals surface area contributed by atoms with Gasteiger partial charge in [-0.15, -0.1) is 0 Å². The summed E-state index contributed by atoms with van der Waals surface area (Å²) in [5, 5.41) is 15.1. The van der Waals surface area contributed by atoms with E-state index in [0.29, 0.717) is 18.4 Å². The van der Waals surface area contributed by atoms with Gasteiger partial charge in [0.05, 0.1) is 0 Å². The molecule has 5 nitrogen and oxygen atoms in total. The molecule has 0 spiro atoms. The Balaban J connectivity index is 2.17. The lowest BCUT2D eigenvalue weighted by Gasteiger charge is -2.25. The molecule has 108 valence electrons. The van der Waals surface area contributed by atoms with Crippen LogP contribution in [0.2, 0.25) is 0 Å². The second-order valence-corrected chi connectivity index (χ2v) is 5.43. The summed E-state index contributed by atoms with van der Waals surface area (Å²) in [7, 11) is 0. The third kappa shape index (κ3) is 2.82. The maximum Gasteiger partial charge on any atom is 0.329 e. The molecule has 0 fully saturated rings. The number of carboxylic acid groups (broad SMARTS) is 1. The van der Waals surface area contributed by atoms with Gasteiger partial charge in [0.2, 0.25) is 0 Å². The van der Waals surface area contributed by atoms with E-state index in [1.165, 1.54) is 5.56 Å². The van der Waals surface area contributed by atoms with Crippen molar-refractivity contribution in [3.63, 3.8) is 0 Å². The van der Waals surface area contributed by atoms with Crippen molar-refractivity contribution in [2.75, 3.05) is 0 Å². The number of carbonyl (C=O) groups is 2. The molecular formula is C15H20N2O3. The highest BCUT2D eigenvalue weighted by molar-refractivity contribution is 5.98. The molecule has 1 aromatic rings. The summed E-state index contributed by atoms with van der Waals surface area (Å²) in [6.45, 7) is 5.02. The van der Waals surface area contributed by atoms with Gasteiger partial charge >= 0.3 is 5.97 Å². The molecule has 1 aliphatic rings. The maximum absolute atomic E-state index is 12.2. The highest BCUT2D eigenvalue weighted by atomic mass is 16.4. The van der Waals surface area contributed by atoms with E-state index in [1.54, 1.807) is 13.0 Å². The van der Waals surface area contributed by atoms with Gasteiger partial charge in [-0.2, -0.15) is 0 Å². The number of carbonyl (C=O) groups excluding carboxylic acids is 1. The molecule has 0 aliphatic carbocycles. The number of rotatable bonds is 5. The summed E-state index contributed by atoms with van der Waals surface area (Å²) in [6.07, 6.45) is 1.09.